The summed E-state index contributed by atoms with van der Waals surface area (Å²) in [4.78, 5) is 0. The van der Waals surface area contributed by atoms with Crippen molar-refractivity contribution in [1.29, 1.82) is 0 Å². The lowest BCUT2D eigenvalue weighted by Gasteiger charge is -1.81. The Morgan fingerprint density at radius 1 is 1.56 bits per heavy atom. The minimum absolute atomic E-state index is 0.832. The van der Waals surface area contributed by atoms with Crippen LogP contribution >= 0.6 is 31.9 Å². The molecule has 1 rings (SSSR count). The SMILES string of the molecule is BrC(Br)=Cc1ccco1. The van der Waals surface area contributed by atoms with Crippen LogP contribution in [0.5, 0.6) is 0 Å². The monoisotopic (exact) mass is 250 g/mol. The van der Waals surface area contributed by atoms with Crippen molar-refractivity contribution in [3.05, 3.63) is 27.5 Å². The largest absolute Gasteiger partial charge is 0.465 e. The van der Waals surface area contributed by atoms with E-state index in [9.17, 15) is 0 Å². The number of furan rings is 1. The van der Waals surface area contributed by atoms with Gasteiger partial charge >= 0.3 is 0 Å². The van der Waals surface area contributed by atoms with Gasteiger partial charge in [-0.1, -0.05) is 0 Å². The molecule has 0 aliphatic rings. The molecule has 0 radical (unpaired) electrons. The van der Waals surface area contributed by atoms with Gasteiger partial charge in [0.05, 0.1) is 9.65 Å². The molecule has 0 saturated heterocycles. The van der Waals surface area contributed by atoms with E-state index in [1.807, 2.05) is 18.2 Å². The lowest BCUT2D eigenvalue weighted by Crippen LogP contribution is -1.56. The maximum absolute atomic E-state index is 5.01. The summed E-state index contributed by atoms with van der Waals surface area (Å²) >= 11 is 6.43. The van der Waals surface area contributed by atoms with Crippen LogP contribution in [0.2, 0.25) is 0 Å². The summed E-state index contributed by atoms with van der Waals surface area (Å²) in [5, 5.41) is 0. The molecule has 0 fully saturated rings. The Morgan fingerprint density at radius 2 is 2.33 bits per heavy atom. The van der Waals surface area contributed by atoms with Crippen LogP contribution in [-0.2, 0) is 0 Å². The van der Waals surface area contributed by atoms with Crippen LogP contribution < -0.4 is 0 Å². The molecular weight excluding hydrogens is 248 g/mol. The van der Waals surface area contributed by atoms with Crippen molar-refractivity contribution >= 4 is 37.9 Å². The first-order chi connectivity index (χ1) is 4.29. The van der Waals surface area contributed by atoms with Crippen LogP contribution in [0.3, 0.4) is 0 Å². The van der Waals surface area contributed by atoms with Crippen LogP contribution in [0.25, 0.3) is 6.08 Å². The molecule has 1 aromatic heterocycles. The number of rotatable bonds is 1. The molecule has 1 nitrogen and oxygen atoms in total. The third-order valence-electron chi connectivity index (χ3n) is 0.795. The predicted molar refractivity (Wildman–Crippen MR) is 44.5 cm³/mol. The summed E-state index contributed by atoms with van der Waals surface area (Å²) in [5.74, 6) is 0.832. The van der Waals surface area contributed by atoms with Crippen molar-refractivity contribution in [2.75, 3.05) is 0 Å². The molecule has 0 saturated carbocycles. The Morgan fingerprint density at radius 3 is 2.78 bits per heavy atom. The van der Waals surface area contributed by atoms with Gasteiger partial charge in [0.2, 0.25) is 0 Å². The van der Waals surface area contributed by atoms with Crippen molar-refractivity contribution in [2.45, 2.75) is 0 Å². The first kappa shape index (κ1) is 7.09. The van der Waals surface area contributed by atoms with Crippen LogP contribution in [0.15, 0.2) is 26.2 Å². The molecule has 0 unspecified atom stereocenters. The first-order valence-electron chi connectivity index (χ1n) is 2.35. The van der Waals surface area contributed by atoms with Crippen molar-refractivity contribution in [3.63, 3.8) is 0 Å². The lowest BCUT2D eigenvalue weighted by atomic mass is 10.5. The summed E-state index contributed by atoms with van der Waals surface area (Å²) < 4.78 is 5.89. The Kier molecular flexibility index (Phi) is 2.54. The summed E-state index contributed by atoms with van der Waals surface area (Å²) in [7, 11) is 0. The molecule has 0 aromatic carbocycles. The molecule has 0 aliphatic carbocycles. The second kappa shape index (κ2) is 3.22. The third-order valence-corrected chi connectivity index (χ3v) is 1.25. The van der Waals surface area contributed by atoms with E-state index < -0.39 is 0 Å². The zero-order valence-electron chi connectivity index (χ0n) is 4.47. The van der Waals surface area contributed by atoms with Gasteiger partial charge in [0.1, 0.15) is 5.76 Å². The molecule has 9 heavy (non-hydrogen) atoms. The maximum Gasteiger partial charge on any atom is 0.128 e. The third kappa shape index (κ3) is 2.37. The summed E-state index contributed by atoms with van der Waals surface area (Å²) in [6, 6.07) is 3.72. The van der Waals surface area contributed by atoms with Gasteiger partial charge in [0.15, 0.2) is 0 Å². The summed E-state index contributed by atoms with van der Waals surface area (Å²) in [5.41, 5.74) is 0. The highest BCUT2D eigenvalue weighted by atomic mass is 79.9. The average Bonchev–Trinajstić information content (AvgIpc) is 2.15. The molecule has 48 valence electrons. The van der Waals surface area contributed by atoms with Crippen LogP contribution in [0.1, 0.15) is 5.76 Å². The zero-order valence-corrected chi connectivity index (χ0v) is 7.65. The second-order valence-corrected chi connectivity index (χ2v) is 4.22. The van der Waals surface area contributed by atoms with E-state index in [1.165, 1.54) is 0 Å². The normalized spacial score (nSPS) is 9.11. The maximum atomic E-state index is 5.01. The Labute approximate surface area is 70.0 Å². The first-order valence-corrected chi connectivity index (χ1v) is 3.94. The molecule has 1 aromatic rings. The Hall–Kier alpha value is -0.0200. The number of halogens is 2. The quantitative estimate of drug-likeness (QED) is 0.746. The van der Waals surface area contributed by atoms with Gasteiger partial charge in [-0.3, -0.25) is 0 Å². The van der Waals surface area contributed by atoms with Gasteiger partial charge < -0.3 is 4.42 Å². The van der Waals surface area contributed by atoms with Gasteiger partial charge in [-0.05, 0) is 44.0 Å². The molecule has 0 amide bonds. The lowest BCUT2D eigenvalue weighted by molar-refractivity contribution is 0.557. The smallest absolute Gasteiger partial charge is 0.128 e. The van der Waals surface area contributed by atoms with E-state index in [0.717, 1.165) is 9.15 Å². The fourth-order valence-electron chi connectivity index (χ4n) is 0.481. The summed E-state index contributed by atoms with van der Waals surface area (Å²) in [6.45, 7) is 0. The fraction of sp³-hybridized carbons (Fsp3) is 0. The van der Waals surface area contributed by atoms with E-state index in [1.54, 1.807) is 6.26 Å². The molecule has 3 heteroatoms. The van der Waals surface area contributed by atoms with Crippen molar-refractivity contribution < 1.29 is 4.42 Å². The average molecular weight is 252 g/mol. The van der Waals surface area contributed by atoms with Gasteiger partial charge in [0, 0.05) is 6.08 Å². The highest BCUT2D eigenvalue weighted by Gasteiger charge is 1.88. The minimum Gasteiger partial charge on any atom is -0.465 e. The highest BCUT2D eigenvalue weighted by molar-refractivity contribution is 9.28. The fourth-order valence-corrected chi connectivity index (χ4v) is 0.932. The second-order valence-electron chi connectivity index (χ2n) is 1.45. The Bertz CT molecular complexity index is 197. The van der Waals surface area contributed by atoms with Gasteiger partial charge in [-0.2, -0.15) is 0 Å². The van der Waals surface area contributed by atoms with Gasteiger partial charge in [0.25, 0.3) is 0 Å². The zero-order chi connectivity index (χ0) is 6.69. The van der Waals surface area contributed by atoms with E-state index >= 15 is 0 Å². The van der Waals surface area contributed by atoms with Gasteiger partial charge in [-0.15, -0.1) is 0 Å². The number of hydrogen-bond donors (Lipinski definition) is 0. The van der Waals surface area contributed by atoms with Crippen LogP contribution in [-0.4, -0.2) is 0 Å². The minimum atomic E-state index is 0.832. The molecule has 0 aliphatic heterocycles. The van der Waals surface area contributed by atoms with Crippen molar-refractivity contribution in [1.82, 2.24) is 0 Å². The molecule has 0 bridgehead atoms. The molecule has 1 heterocycles. The summed E-state index contributed by atoms with van der Waals surface area (Å²) in [6.07, 6.45) is 3.47. The van der Waals surface area contributed by atoms with E-state index in [0.29, 0.717) is 0 Å². The molecular formula is C6H4Br2O. The van der Waals surface area contributed by atoms with Crippen molar-refractivity contribution in [2.24, 2.45) is 0 Å². The number of hydrogen-bond acceptors (Lipinski definition) is 1. The Balaban J connectivity index is 2.80. The van der Waals surface area contributed by atoms with E-state index in [-0.39, 0.29) is 0 Å². The molecule has 0 atom stereocenters. The predicted octanol–water partition coefficient (Wildman–Crippen LogP) is 3.37. The highest BCUT2D eigenvalue weighted by Crippen LogP contribution is 2.17. The van der Waals surface area contributed by atoms with Crippen molar-refractivity contribution in [3.8, 4) is 0 Å². The van der Waals surface area contributed by atoms with Gasteiger partial charge in [-0.25, -0.2) is 0 Å². The topological polar surface area (TPSA) is 13.1 Å². The molecule has 0 N–H and O–H groups in total. The van der Waals surface area contributed by atoms with E-state index in [2.05, 4.69) is 31.9 Å². The molecule has 0 spiro atoms. The van der Waals surface area contributed by atoms with Crippen LogP contribution in [0.4, 0.5) is 0 Å². The van der Waals surface area contributed by atoms with E-state index in [4.69, 9.17) is 4.42 Å². The van der Waals surface area contributed by atoms with Crippen LogP contribution in [0, 0.1) is 0 Å². The standard InChI is InChI=1S/C6H4Br2O/c7-6(8)4-5-2-1-3-9-5/h1-4H.